The van der Waals surface area contributed by atoms with E-state index in [0.29, 0.717) is 19.6 Å². The molecule has 2 N–H and O–H groups in total. The van der Waals surface area contributed by atoms with Crippen LogP contribution in [-0.2, 0) is 16.1 Å². The maximum absolute atomic E-state index is 12.7. The third-order valence-electron chi connectivity index (χ3n) is 2.66. The molecular weight excluding hydrogens is 235 g/mol. The molecule has 0 aromatic heterocycles. The zero-order valence-corrected chi connectivity index (χ0v) is 10.7. The summed E-state index contributed by atoms with van der Waals surface area (Å²) in [7, 11) is 3.25. The minimum absolute atomic E-state index is 0.142. The van der Waals surface area contributed by atoms with Crippen molar-refractivity contribution in [3.63, 3.8) is 0 Å². The molecule has 0 aliphatic carbocycles. The van der Waals surface area contributed by atoms with Crippen molar-refractivity contribution in [2.75, 3.05) is 20.8 Å². The van der Waals surface area contributed by atoms with Gasteiger partial charge in [-0.25, -0.2) is 4.39 Å². The first-order valence-electron chi connectivity index (χ1n) is 5.78. The smallest absolute Gasteiger partial charge is 0.239 e. The van der Waals surface area contributed by atoms with Crippen molar-refractivity contribution in [3.05, 3.63) is 35.6 Å². The van der Waals surface area contributed by atoms with E-state index in [0.717, 1.165) is 5.56 Å². The molecule has 0 bridgehead atoms. The molecule has 1 atom stereocenters. The highest BCUT2D eigenvalue weighted by molar-refractivity contribution is 5.81. The van der Waals surface area contributed by atoms with E-state index in [4.69, 9.17) is 10.5 Å². The predicted molar refractivity (Wildman–Crippen MR) is 67.3 cm³/mol. The lowest BCUT2D eigenvalue weighted by Crippen LogP contribution is -2.42. The van der Waals surface area contributed by atoms with Crippen LogP contribution in [0.1, 0.15) is 12.0 Å². The van der Waals surface area contributed by atoms with Gasteiger partial charge in [0.1, 0.15) is 5.82 Å². The van der Waals surface area contributed by atoms with Crippen molar-refractivity contribution in [2.24, 2.45) is 5.73 Å². The third-order valence-corrected chi connectivity index (χ3v) is 2.66. The summed E-state index contributed by atoms with van der Waals surface area (Å²) in [6, 6.07) is 5.49. The first kappa shape index (κ1) is 14.6. The van der Waals surface area contributed by atoms with E-state index in [9.17, 15) is 9.18 Å². The Balaban J connectivity index is 2.51. The highest BCUT2D eigenvalue weighted by Crippen LogP contribution is 2.07. The number of benzene rings is 1. The van der Waals surface area contributed by atoms with Gasteiger partial charge in [-0.2, -0.15) is 0 Å². The minimum Gasteiger partial charge on any atom is -0.385 e. The van der Waals surface area contributed by atoms with Crippen LogP contribution >= 0.6 is 0 Å². The molecule has 18 heavy (non-hydrogen) atoms. The Labute approximate surface area is 107 Å². The van der Waals surface area contributed by atoms with E-state index in [1.54, 1.807) is 26.3 Å². The van der Waals surface area contributed by atoms with Gasteiger partial charge in [0.25, 0.3) is 0 Å². The lowest BCUT2D eigenvalue weighted by molar-refractivity contribution is -0.132. The summed E-state index contributed by atoms with van der Waals surface area (Å²) in [5.74, 6) is -0.430. The number of ether oxygens (including phenoxy) is 1. The molecule has 1 aromatic carbocycles. The lowest BCUT2D eigenvalue weighted by Gasteiger charge is -2.21. The van der Waals surface area contributed by atoms with Gasteiger partial charge < -0.3 is 15.4 Å². The summed E-state index contributed by atoms with van der Waals surface area (Å²) >= 11 is 0. The second-order valence-electron chi connectivity index (χ2n) is 4.21. The fraction of sp³-hybridized carbons (Fsp3) is 0.462. The van der Waals surface area contributed by atoms with Gasteiger partial charge in [-0.1, -0.05) is 12.1 Å². The molecule has 1 aromatic rings. The average molecular weight is 254 g/mol. The normalized spacial score (nSPS) is 12.2. The SMILES string of the molecule is COCCC(N)C(=O)N(C)Cc1ccc(F)cc1. The Morgan fingerprint density at radius 2 is 2.06 bits per heavy atom. The number of hydrogen-bond acceptors (Lipinski definition) is 3. The van der Waals surface area contributed by atoms with Crippen molar-refractivity contribution in [1.82, 2.24) is 4.90 Å². The minimum atomic E-state index is -0.560. The molecule has 0 saturated heterocycles. The molecule has 1 amide bonds. The van der Waals surface area contributed by atoms with Crippen molar-refractivity contribution in [3.8, 4) is 0 Å². The van der Waals surface area contributed by atoms with E-state index in [2.05, 4.69) is 0 Å². The fourth-order valence-corrected chi connectivity index (χ4v) is 1.59. The Hall–Kier alpha value is -1.46. The maximum atomic E-state index is 12.7. The first-order valence-corrected chi connectivity index (χ1v) is 5.78. The van der Waals surface area contributed by atoms with Crippen molar-refractivity contribution >= 4 is 5.91 Å². The molecule has 5 heteroatoms. The summed E-state index contributed by atoms with van der Waals surface area (Å²) in [6.07, 6.45) is 0.489. The van der Waals surface area contributed by atoms with E-state index in [1.807, 2.05) is 0 Å². The molecule has 4 nitrogen and oxygen atoms in total. The van der Waals surface area contributed by atoms with Crippen LogP contribution in [0.3, 0.4) is 0 Å². The number of carbonyl (C=O) groups is 1. The highest BCUT2D eigenvalue weighted by Gasteiger charge is 2.17. The van der Waals surface area contributed by atoms with Crippen molar-refractivity contribution in [2.45, 2.75) is 19.0 Å². The number of nitrogens with two attached hydrogens (primary N) is 1. The van der Waals surface area contributed by atoms with Gasteiger partial charge in [0.2, 0.25) is 5.91 Å². The maximum Gasteiger partial charge on any atom is 0.239 e. The first-order chi connectivity index (χ1) is 8.54. The molecule has 0 heterocycles. The Kier molecular flexibility index (Phi) is 5.74. The van der Waals surface area contributed by atoms with Gasteiger partial charge >= 0.3 is 0 Å². The molecule has 0 fully saturated rings. The van der Waals surface area contributed by atoms with E-state index in [-0.39, 0.29) is 11.7 Å². The second kappa shape index (κ2) is 7.08. The molecule has 100 valence electrons. The number of halogens is 1. The molecular formula is C13H19FN2O2. The molecule has 0 saturated carbocycles. The monoisotopic (exact) mass is 254 g/mol. The van der Waals surface area contributed by atoms with Gasteiger partial charge in [0, 0.05) is 27.3 Å². The number of methoxy groups -OCH3 is 1. The van der Waals surface area contributed by atoms with E-state index in [1.165, 1.54) is 17.0 Å². The molecule has 0 radical (unpaired) electrons. The number of nitrogens with zero attached hydrogens (tertiary/aromatic N) is 1. The van der Waals surface area contributed by atoms with Crippen LogP contribution in [0.4, 0.5) is 4.39 Å². The van der Waals surface area contributed by atoms with Crippen LogP contribution in [0, 0.1) is 5.82 Å². The van der Waals surface area contributed by atoms with Crippen LogP contribution in [-0.4, -0.2) is 37.6 Å². The summed E-state index contributed by atoms with van der Waals surface area (Å²) in [5.41, 5.74) is 6.62. The van der Waals surface area contributed by atoms with Gasteiger partial charge in [0.15, 0.2) is 0 Å². The van der Waals surface area contributed by atoms with Crippen molar-refractivity contribution < 1.29 is 13.9 Å². The fourth-order valence-electron chi connectivity index (χ4n) is 1.59. The number of amides is 1. The Bertz CT molecular complexity index is 381. The van der Waals surface area contributed by atoms with E-state index < -0.39 is 6.04 Å². The third kappa shape index (κ3) is 4.43. The molecule has 0 aliphatic rings. The molecule has 1 unspecified atom stereocenters. The molecule has 0 spiro atoms. The quantitative estimate of drug-likeness (QED) is 0.828. The van der Waals surface area contributed by atoms with Crippen LogP contribution in [0.5, 0.6) is 0 Å². The number of likely N-dealkylation sites (N-methyl/N-ethyl adjacent to an activating group) is 1. The summed E-state index contributed by atoms with van der Waals surface area (Å²) < 4.78 is 17.6. The van der Waals surface area contributed by atoms with Crippen LogP contribution in [0.25, 0.3) is 0 Å². The standard InChI is InChI=1S/C13H19FN2O2/c1-16(13(17)12(15)7-8-18-2)9-10-3-5-11(14)6-4-10/h3-6,12H,7-9,15H2,1-2H3. The zero-order chi connectivity index (χ0) is 13.5. The van der Waals surface area contributed by atoms with Gasteiger partial charge in [-0.3, -0.25) is 4.79 Å². The van der Waals surface area contributed by atoms with E-state index >= 15 is 0 Å². The second-order valence-corrected chi connectivity index (χ2v) is 4.21. The van der Waals surface area contributed by atoms with Gasteiger partial charge in [-0.05, 0) is 24.1 Å². The van der Waals surface area contributed by atoms with Gasteiger partial charge in [0.05, 0.1) is 6.04 Å². The van der Waals surface area contributed by atoms with Crippen LogP contribution in [0.2, 0.25) is 0 Å². The zero-order valence-electron chi connectivity index (χ0n) is 10.7. The van der Waals surface area contributed by atoms with Crippen molar-refractivity contribution in [1.29, 1.82) is 0 Å². The number of hydrogen-bond donors (Lipinski definition) is 1. The summed E-state index contributed by atoms with van der Waals surface area (Å²) in [5, 5.41) is 0. The summed E-state index contributed by atoms with van der Waals surface area (Å²) in [6.45, 7) is 0.872. The number of rotatable bonds is 6. The topological polar surface area (TPSA) is 55.6 Å². The average Bonchev–Trinajstić information content (AvgIpc) is 2.37. The number of carbonyl (C=O) groups excluding carboxylic acids is 1. The van der Waals surface area contributed by atoms with Crippen LogP contribution in [0.15, 0.2) is 24.3 Å². The molecule has 1 rings (SSSR count). The lowest BCUT2D eigenvalue weighted by atomic mass is 10.1. The largest absolute Gasteiger partial charge is 0.385 e. The highest BCUT2D eigenvalue weighted by atomic mass is 19.1. The van der Waals surface area contributed by atoms with Gasteiger partial charge in [-0.15, -0.1) is 0 Å². The molecule has 0 aliphatic heterocycles. The van der Waals surface area contributed by atoms with Crippen LogP contribution < -0.4 is 5.73 Å². The summed E-state index contributed by atoms with van der Waals surface area (Å²) in [4.78, 5) is 13.4. The Morgan fingerprint density at radius 3 is 2.61 bits per heavy atom. The predicted octanol–water partition coefficient (Wildman–Crippen LogP) is 1.15. The Morgan fingerprint density at radius 1 is 1.44 bits per heavy atom.